The van der Waals surface area contributed by atoms with E-state index in [9.17, 15) is 47.9 Å². The number of Topliss-reactive ketones (excluding diaryl/α,β-unsaturated/α-hetero) is 4. The molecule has 0 spiro atoms. The number of ketones is 4. The molecule has 3 aliphatic heterocycles. The molecule has 3 aliphatic rings. The van der Waals surface area contributed by atoms with E-state index in [1.165, 1.54) is 13.8 Å². The summed E-state index contributed by atoms with van der Waals surface area (Å²) >= 11 is 3.31. The third kappa shape index (κ3) is 16.9. The smallest absolute Gasteiger partial charge is 0.234 e. The summed E-state index contributed by atoms with van der Waals surface area (Å²) in [7, 11) is 0. The molecule has 0 N–H and O–H groups in total. The number of thioether (sulfide) groups is 2. The van der Waals surface area contributed by atoms with E-state index in [0.717, 1.165) is 14.7 Å². The molecule has 0 radical (unpaired) electrons. The number of carbonyl (C=O) groups is 10. The molecule has 0 aromatic rings. The summed E-state index contributed by atoms with van der Waals surface area (Å²) in [5, 5.41) is 0. The Morgan fingerprint density at radius 1 is 0.630 bits per heavy atom. The van der Waals surface area contributed by atoms with Crippen LogP contribution in [-0.4, -0.2) is 111 Å². The molecule has 260 valence electrons. The molecule has 3 atom stereocenters. The highest BCUT2D eigenvalue weighted by atomic mass is 32.2. The highest BCUT2D eigenvalue weighted by molar-refractivity contribution is 7.99. The number of imide groups is 3. The summed E-state index contributed by atoms with van der Waals surface area (Å²) in [6, 6.07) is 0. The quantitative estimate of drug-likeness (QED) is 0.256. The number of hydrogen-bond acceptors (Lipinski definition) is 12. The largest absolute Gasteiger partial charge is 0.300 e. The van der Waals surface area contributed by atoms with Crippen molar-refractivity contribution in [1.82, 2.24) is 14.7 Å². The fourth-order valence-corrected chi connectivity index (χ4v) is 4.38. The average molecular weight is 688 g/mol. The van der Waals surface area contributed by atoms with E-state index >= 15 is 0 Å². The maximum Gasteiger partial charge on any atom is 0.234 e. The SMILES string of the molecule is CC(=O)CN1C(=O)CC(C)C1=O.CC1CC(=O)N(CN2C(=O)CC(C)C2=O)C1=O.CCC(=O)CC(C)=O.CSC.CSCC(C)=O. The number of hydrogen-bond donors (Lipinski definition) is 0. The lowest BCUT2D eigenvalue weighted by atomic mass is 10.1. The number of amides is 6. The Balaban J connectivity index is 0. The molecule has 46 heavy (non-hydrogen) atoms. The molecule has 0 bridgehead atoms. The molecule has 3 unspecified atom stereocenters. The lowest BCUT2D eigenvalue weighted by molar-refractivity contribution is -0.148. The van der Waals surface area contributed by atoms with Gasteiger partial charge in [0.25, 0.3) is 0 Å². The van der Waals surface area contributed by atoms with Crippen molar-refractivity contribution in [1.29, 1.82) is 0 Å². The Morgan fingerprint density at radius 2 is 0.978 bits per heavy atom. The maximum atomic E-state index is 11.7. The minimum atomic E-state index is -0.354. The molecular weight excluding hydrogens is 638 g/mol. The van der Waals surface area contributed by atoms with Gasteiger partial charge in [0.05, 0.1) is 18.7 Å². The van der Waals surface area contributed by atoms with Gasteiger partial charge in [-0.25, -0.2) is 0 Å². The normalized spacial score (nSPS) is 20.1. The van der Waals surface area contributed by atoms with Crippen molar-refractivity contribution in [3.63, 3.8) is 0 Å². The maximum absolute atomic E-state index is 11.7. The number of likely N-dealkylation sites (tertiary alicyclic amines) is 3. The monoisotopic (exact) mass is 687 g/mol. The van der Waals surface area contributed by atoms with Crippen molar-refractivity contribution in [3.05, 3.63) is 0 Å². The zero-order valence-corrected chi connectivity index (χ0v) is 30.3. The number of rotatable bonds is 9. The summed E-state index contributed by atoms with van der Waals surface area (Å²) in [6.07, 6.45) is 7.14. The Bertz CT molecular complexity index is 1120. The first-order valence-corrected chi connectivity index (χ1v) is 17.7. The van der Waals surface area contributed by atoms with Gasteiger partial charge in [0.2, 0.25) is 35.4 Å². The second-order valence-corrected chi connectivity index (χ2v) is 12.8. The first-order valence-electron chi connectivity index (χ1n) is 14.7. The van der Waals surface area contributed by atoms with Gasteiger partial charge in [0.15, 0.2) is 0 Å². The van der Waals surface area contributed by atoms with E-state index in [1.807, 2.05) is 18.8 Å². The van der Waals surface area contributed by atoms with E-state index < -0.39 is 0 Å². The van der Waals surface area contributed by atoms with Gasteiger partial charge in [-0.1, -0.05) is 27.7 Å². The van der Waals surface area contributed by atoms with Crippen LogP contribution >= 0.6 is 23.5 Å². The Morgan fingerprint density at radius 3 is 1.15 bits per heavy atom. The van der Waals surface area contributed by atoms with Crippen LogP contribution in [0.4, 0.5) is 0 Å². The first kappa shape index (κ1) is 44.9. The van der Waals surface area contributed by atoms with E-state index in [1.54, 1.807) is 58.1 Å². The molecule has 6 amide bonds. The van der Waals surface area contributed by atoms with Crippen molar-refractivity contribution in [3.8, 4) is 0 Å². The van der Waals surface area contributed by atoms with Crippen LogP contribution < -0.4 is 0 Å². The minimum absolute atomic E-state index is 0.0255. The second kappa shape index (κ2) is 23.2. The van der Waals surface area contributed by atoms with Gasteiger partial charge in [-0.3, -0.25) is 62.6 Å². The summed E-state index contributed by atoms with van der Waals surface area (Å²) in [5.41, 5.74) is 0. The second-order valence-electron chi connectivity index (χ2n) is 11.1. The molecule has 0 saturated carbocycles. The van der Waals surface area contributed by atoms with Gasteiger partial charge in [-0.2, -0.15) is 23.5 Å². The summed E-state index contributed by atoms with van der Waals surface area (Å²) < 4.78 is 0. The van der Waals surface area contributed by atoms with Crippen molar-refractivity contribution in [2.75, 3.05) is 37.7 Å². The zero-order chi connectivity index (χ0) is 36.3. The van der Waals surface area contributed by atoms with Crippen LogP contribution in [0.1, 0.15) is 80.6 Å². The summed E-state index contributed by atoms with van der Waals surface area (Å²) in [4.78, 5) is 113. The summed E-state index contributed by atoms with van der Waals surface area (Å²) in [5.74, 6) is -1.95. The number of nitrogens with zero attached hydrogens (tertiary/aromatic N) is 3. The highest BCUT2D eigenvalue weighted by Gasteiger charge is 2.42. The first-order chi connectivity index (χ1) is 21.3. The fourth-order valence-electron chi connectivity index (χ4n) is 3.98. The van der Waals surface area contributed by atoms with Crippen molar-refractivity contribution in [2.24, 2.45) is 17.8 Å². The van der Waals surface area contributed by atoms with Gasteiger partial charge in [-0.15, -0.1) is 0 Å². The standard InChI is InChI=1S/C11H14N2O4.C8H11NO3.C6H10O2.C4H8OS.C2H6S/c1-6-3-8(14)12(10(6)16)5-13-9(15)4-7(2)11(13)17;1-5-3-7(11)9(8(5)12)4-6(2)10;1-3-6(8)4-5(2)7;1-4(5)3-6-2;1-3-2/h6-7H,3-5H2,1-2H3;5H,3-4H2,1-2H3;3-4H2,1-2H3;3H2,1-2H3;1-2H3. The molecule has 0 aromatic heterocycles. The zero-order valence-electron chi connectivity index (χ0n) is 28.6. The van der Waals surface area contributed by atoms with Gasteiger partial charge in [0.1, 0.15) is 29.8 Å². The van der Waals surface area contributed by atoms with Crippen molar-refractivity contribution in [2.45, 2.75) is 80.6 Å². The van der Waals surface area contributed by atoms with Gasteiger partial charge < -0.3 is 0 Å². The topological polar surface area (TPSA) is 180 Å². The lowest BCUT2D eigenvalue weighted by Gasteiger charge is -2.21. The Hall–Kier alpha value is -3.20. The third-order valence-corrected chi connectivity index (χ3v) is 6.96. The van der Waals surface area contributed by atoms with E-state index in [2.05, 4.69) is 0 Å². The molecule has 3 rings (SSSR count). The minimum Gasteiger partial charge on any atom is -0.300 e. The molecule has 3 saturated heterocycles. The predicted molar refractivity (Wildman–Crippen MR) is 176 cm³/mol. The molecule has 13 nitrogen and oxygen atoms in total. The van der Waals surface area contributed by atoms with E-state index in [4.69, 9.17) is 0 Å². The van der Waals surface area contributed by atoms with Crippen LogP contribution in [0.25, 0.3) is 0 Å². The van der Waals surface area contributed by atoms with Crippen LogP contribution in [0.2, 0.25) is 0 Å². The number of carbonyl (C=O) groups excluding carboxylic acids is 10. The Labute approximate surface area is 280 Å². The molecule has 15 heteroatoms. The van der Waals surface area contributed by atoms with Crippen LogP contribution in [0.5, 0.6) is 0 Å². The van der Waals surface area contributed by atoms with Crippen molar-refractivity contribution < 1.29 is 47.9 Å². The lowest BCUT2D eigenvalue weighted by Crippen LogP contribution is -2.44. The van der Waals surface area contributed by atoms with Crippen LogP contribution in [0, 0.1) is 17.8 Å². The van der Waals surface area contributed by atoms with E-state index in [-0.39, 0.29) is 115 Å². The summed E-state index contributed by atoms with van der Waals surface area (Å²) in [6.45, 7) is 10.9. The third-order valence-electron chi connectivity index (χ3n) is 6.26. The average Bonchev–Trinajstić information content (AvgIpc) is 3.44. The van der Waals surface area contributed by atoms with Crippen molar-refractivity contribution >= 4 is 82.1 Å². The van der Waals surface area contributed by atoms with Crippen LogP contribution in [0.3, 0.4) is 0 Å². The Kier molecular flexibility index (Phi) is 22.6. The fraction of sp³-hybridized carbons (Fsp3) is 0.677. The molecular formula is C31H49N3O10S2. The van der Waals surface area contributed by atoms with Gasteiger partial charge >= 0.3 is 0 Å². The molecule has 0 aliphatic carbocycles. The van der Waals surface area contributed by atoms with E-state index in [0.29, 0.717) is 12.2 Å². The van der Waals surface area contributed by atoms with Crippen LogP contribution in [0.15, 0.2) is 0 Å². The highest BCUT2D eigenvalue weighted by Crippen LogP contribution is 2.23. The van der Waals surface area contributed by atoms with Gasteiger partial charge in [0, 0.05) is 43.4 Å². The van der Waals surface area contributed by atoms with Crippen LogP contribution in [-0.2, 0) is 47.9 Å². The van der Waals surface area contributed by atoms with Gasteiger partial charge in [-0.05, 0) is 39.5 Å². The molecule has 0 aromatic carbocycles. The predicted octanol–water partition coefficient (Wildman–Crippen LogP) is 2.57. The molecule has 3 heterocycles. The molecule has 3 fully saturated rings.